The number of hydrazone groups is 1. The third-order valence-electron chi connectivity index (χ3n) is 3.71. The van der Waals surface area contributed by atoms with Crippen molar-refractivity contribution in [3.05, 3.63) is 58.6 Å². The molecule has 0 radical (unpaired) electrons. The van der Waals surface area contributed by atoms with Crippen LogP contribution in [0.5, 0.6) is 0 Å². The monoisotopic (exact) mass is 425 g/mol. The van der Waals surface area contributed by atoms with Crippen molar-refractivity contribution in [2.24, 2.45) is 5.10 Å². The predicted molar refractivity (Wildman–Crippen MR) is 112 cm³/mol. The van der Waals surface area contributed by atoms with Gasteiger partial charge in [0.05, 0.1) is 18.2 Å². The Morgan fingerprint density at radius 3 is 2.52 bits per heavy atom. The van der Waals surface area contributed by atoms with Crippen LogP contribution >= 0.6 is 23.4 Å². The molecule has 1 N–H and O–H groups in total. The van der Waals surface area contributed by atoms with Gasteiger partial charge in [0.15, 0.2) is 0 Å². The summed E-state index contributed by atoms with van der Waals surface area (Å²) < 4.78 is 25.3. The molecule has 144 valence electrons. The van der Waals surface area contributed by atoms with Gasteiger partial charge in [0.2, 0.25) is 10.0 Å². The Bertz CT molecular complexity index is 945. The Hall–Kier alpha value is -2.03. The second-order valence-corrected chi connectivity index (χ2v) is 8.91. The average molecular weight is 426 g/mol. The molecule has 6 nitrogen and oxygen atoms in total. The number of nitrogens with one attached hydrogen (secondary N) is 1. The zero-order valence-corrected chi connectivity index (χ0v) is 17.5. The Kier molecular flexibility index (Phi) is 7.29. The van der Waals surface area contributed by atoms with Crippen molar-refractivity contribution in [3.8, 4) is 0 Å². The molecule has 2 aromatic carbocycles. The summed E-state index contributed by atoms with van der Waals surface area (Å²) in [5.41, 5.74) is 4.11. The zero-order chi connectivity index (χ0) is 20.0. The molecule has 27 heavy (non-hydrogen) atoms. The summed E-state index contributed by atoms with van der Waals surface area (Å²) in [5, 5.41) is 4.31. The second kappa shape index (κ2) is 9.25. The Labute approximate surface area is 168 Å². The highest BCUT2D eigenvalue weighted by molar-refractivity contribution is 7.98. The minimum atomic E-state index is -3.68. The molecule has 0 aliphatic rings. The number of hydrogen-bond acceptors (Lipinski definition) is 5. The van der Waals surface area contributed by atoms with Crippen molar-refractivity contribution >= 4 is 51.2 Å². The van der Waals surface area contributed by atoms with Gasteiger partial charge in [-0.25, -0.2) is 13.8 Å². The van der Waals surface area contributed by atoms with Gasteiger partial charge in [0.1, 0.15) is 6.54 Å². The fourth-order valence-electron chi connectivity index (χ4n) is 2.28. The van der Waals surface area contributed by atoms with Gasteiger partial charge in [0, 0.05) is 9.92 Å². The Balaban J connectivity index is 2.10. The molecule has 2 aromatic rings. The molecular formula is C18H20ClN3O3S2. The molecule has 0 fully saturated rings. The fourth-order valence-corrected chi connectivity index (χ4v) is 3.77. The van der Waals surface area contributed by atoms with Crippen molar-refractivity contribution in [3.63, 3.8) is 0 Å². The molecule has 0 bridgehead atoms. The van der Waals surface area contributed by atoms with E-state index in [4.69, 9.17) is 11.6 Å². The number of sulfonamides is 1. The average Bonchev–Trinajstić information content (AvgIpc) is 2.62. The summed E-state index contributed by atoms with van der Waals surface area (Å²) in [6, 6.07) is 12.5. The van der Waals surface area contributed by atoms with Crippen molar-refractivity contribution < 1.29 is 13.2 Å². The van der Waals surface area contributed by atoms with Gasteiger partial charge in [-0.05, 0) is 48.6 Å². The van der Waals surface area contributed by atoms with Crippen LogP contribution in [0.15, 0.2) is 52.5 Å². The highest BCUT2D eigenvalue weighted by Crippen LogP contribution is 2.27. The summed E-state index contributed by atoms with van der Waals surface area (Å²) in [4.78, 5) is 13.3. The number of carbonyl (C=O) groups excluding carboxylic acids is 1. The van der Waals surface area contributed by atoms with Gasteiger partial charge >= 0.3 is 0 Å². The molecule has 0 saturated heterocycles. The van der Waals surface area contributed by atoms with E-state index in [-0.39, 0.29) is 0 Å². The van der Waals surface area contributed by atoms with E-state index in [9.17, 15) is 13.2 Å². The minimum Gasteiger partial charge on any atom is -0.271 e. The van der Waals surface area contributed by atoms with Crippen LogP contribution in [-0.4, -0.2) is 39.6 Å². The molecule has 9 heteroatoms. The van der Waals surface area contributed by atoms with Crippen molar-refractivity contribution in [1.29, 1.82) is 0 Å². The van der Waals surface area contributed by atoms with Crippen molar-refractivity contribution in [1.82, 2.24) is 5.43 Å². The van der Waals surface area contributed by atoms with E-state index in [1.807, 2.05) is 30.5 Å². The third-order valence-corrected chi connectivity index (χ3v) is 5.99. The van der Waals surface area contributed by atoms with Crippen LogP contribution in [-0.2, 0) is 14.8 Å². The number of halogens is 1. The van der Waals surface area contributed by atoms with E-state index in [1.54, 1.807) is 36.9 Å². The van der Waals surface area contributed by atoms with Gasteiger partial charge in [0.25, 0.3) is 5.91 Å². The first kappa shape index (κ1) is 21.3. The van der Waals surface area contributed by atoms with Gasteiger partial charge < -0.3 is 0 Å². The molecule has 0 saturated carbocycles. The van der Waals surface area contributed by atoms with Gasteiger partial charge in [-0.15, -0.1) is 11.8 Å². The Morgan fingerprint density at radius 1 is 1.26 bits per heavy atom. The SMILES string of the molecule is CSc1ccc(/C=N\NC(=O)CN(c2cccc(Cl)c2C)S(C)(=O)=O)cc1. The van der Waals surface area contributed by atoms with Gasteiger partial charge in [-0.2, -0.15) is 5.10 Å². The normalized spacial score (nSPS) is 11.6. The molecule has 0 aromatic heterocycles. The number of hydrogen-bond donors (Lipinski definition) is 1. The lowest BCUT2D eigenvalue weighted by molar-refractivity contribution is -0.119. The molecule has 0 aliphatic carbocycles. The smallest absolute Gasteiger partial charge is 0.260 e. The number of amides is 1. The van der Waals surface area contributed by atoms with Crippen molar-refractivity contribution in [2.75, 3.05) is 23.4 Å². The molecule has 0 spiro atoms. The van der Waals surface area contributed by atoms with Crippen LogP contribution in [0.3, 0.4) is 0 Å². The number of carbonyl (C=O) groups is 1. The number of benzene rings is 2. The molecule has 0 atom stereocenters. The zero-order valence-electron chi connectivity index (χ0n) is 15.1. The lowest BCUT2D eigenvalue weighted by Gasteiger charge is -2.23. The summed E-state index contributed by atoms with van der Waals surface area (Å²) in [5.74, 6) is -0.559. The number of anilines is 1. The standard InChI is InChI=1S/C18H20ClN3O3S2/c1-13-16(19)5-4-6-17(13)22(27(3,24)25)12-18(23)21-20-11-14-7-9-15(26-2)10-8-14/h4-11H,12H2,1-3H3,(H,21,23)/b20-11-. The largest absolute Gasteiger partial charge is 0.271 e. The van der Waals surface area contributed by atoms with Crippen molar-refractivity contribution in [2.45, 2.75) is 11.8 Å². The summed E-state index contributed by atoms with van der Waals surface area (Å²) in [6.45, 7) is 1.30. The van der Waals surface area contributed by atoms with E-state index in [0.717, 1.165) is 21.0 Å². The van der Waals surface area contributed by atoms with E-state index in [2.05, 4.69) is 10.5 Å². The summed E-state index contributed by atoms with van der Waals surface area (Å²) >= 11 is 7.70. The second-order valence-electron chi connectivity index (χ2n) is 5.72. The number of rotatable bonds is 7. The first-order chi connectivity index (χ1) is 12.7. The van der Waals surface area contributed by atoms with E-state index in [1.165, 1.54) is 6.21 Å². The maximum atomic E-state index is 12.2. The highest BCUT2D eigenvalue weighted by Gasteiger charge is 2.22. The van der Waals surface area contributed by atoms with E-state index in [0.29, 0.717) is 16.3 Å². The maximum absolute atomic E-state index is 12.2. The minimum absolute atomic E-state index is 0.358. The Morgan fingerprint density at radius 2 is 1.93 bits per heavy atom. The quantitative estimate of drug-likeness (QED) is 0.419. The summed E-state index contributed by atoms with van der Waals surface area (Å²) in [7, 11) is -3.68. The lowest BCUT2D eigenvalue weighted by atomic mass is 10.2. The van der Waals surface area contributed by atoms with Crippen LogP contribution in [0, 0.1) is 6.92 Å². The molecule has 0 unspecified atom stereocenters. The maximum Gasteiger partial charge on any atom is 0.260 e. The molecule has 2 rings (SSSR count). The number of thioether (sulfide) groups is 1. The number of nitrogens with zero attached hydrogens (tertiary/aromatic N) is 2. The van der Waals surface area contributed by atoms with E-state index < -0.39 is 22.5 Å². The molecule has 1 amide bonds. The first-order valence-corrected chi connectivity index (χ1v) is 11.4. The van der Waals surface area contributed by atoms with Crippen LogP contribution in [0.2, 0.25) is 5.02 Å². The molecule has 0 aliphatic heterocycles. The molecule has 0 heterocycles. The lowest BCUT2D eigenvalue weighted by Crippen LogP contribution is -2.39. The highest BCUT2D eigenvalue weighted by atomic mass is 35.5. The van der Waals surface area contributed by atoms with Gasteiger partial charge in [-0.1, -0.05) is 29.8 Å². The van der Waals surface area contributed by atoms with Crippen LogP contribution in [0.1, 0.15) is 11.1 Å². The van der Waals surface area contributed by atoms with Gasteiger partial charge in [-0.3, -0.25) is 9.10 Å². The van der Waals surface area contributed by atoms with E-state index >= 15 is 0 Å². The first-order valence-electron chi connectivity index (χ1n) is 7.91. The third kappa shape index (κ3) is 5.98. The predicted octanol–water partition coefficient (Wildman–Crippen LogP) is 3.29. The summed E-state index contributed by atoms with van der Waals surface area (Å²) in [6.07, 6.45) is 4.52. The van der Waals surface area contributed by atoms with Crippen LogP contribution in [0.25, 0.3) is 0 Å². The van der Waals surface area contributed by atoms with Crippen LogP contribution in [0.4, 0.5) is 5.69 Å². The molecular weight excluding hydrogens is 406 g/mol. The van der Waals surface area contributed by atoms with Crippen LogP contribution < -0.4 is 9.73 Å². The fraction of sp³-hybridized carbons (Fsp3) is 0.222. The topological polar surface area (TPSA) is 78.8 Å².